The highest BCUT2D eigenvalue weighted by Crippen LogP contribution is 2.17. The Morgan fingerprint density at radius 1 is 1.57 bits per heavy atom. The highest BCUT2D eigenvalue weighted by atomic mass is 35.5. The molecule has 0 aromatic carbocycles. The summed E-state index contributed by atoms with van der Waals surface area (Å²) in [6.45, 7) is 2.08. The van der Waals surface area contributed by atoms with Gasteiger partial charge >= 0.3 is 5.97 Å². The number of nitrogens with two attached hydrogens (primary N) is 1. The molecule has 3 N–H and O–H groups in total. The van der Waals surface area contributed by atoms with Crippen LogP contribution in [0.5, 0.6) is 0 Å². The Kier molecular flexibility index (Phi) is 4.87. The van der Waals surface area contributed by atoms with Crippen LogP contribution in [0.1, 0.15) is 19.8 Å². The third-order valence-corrected chi connectivity index (χ3v) is 2.21. The molecule has 14 heavy (non-hydrogen) atoms. The first kappa shape index (κ1) is 13.2. The first-order valence-electron chi connectivity index (χ1n) is 4.33. The van der Waals surface area contributed by atoms with Gasteiger partial charge in [-0.3, -0.25) is 4.79 Å². The van der Waals surface area contributed by atoms with E-state index in [0.29, 0.717) is 13.0 Å². The number of carbonyl (C=O) groups excluding carboxylic acids is 1. The fourth-order valence-corrected chi connectivity index (χ4v) is 1.55. The van der Waals surface area contributed by atoms with Crippen LogP contribution in [0, 0.1) is 0 Å². The fourth-order valence-electron chi connectivity index (χ4n) is 1.55. The molecule has 0 aromatic rings. The van der Waals surface area contributed by atoms with Gasteiger partial charge in [0.05, 0.1) is 6.04 Å². The third kappa shape index (κ3) is 2.59. The van der Waals surface area contributed by atoms with Crippen LogP contribution in [0.15, 0.2) is 0 Å². The number of nitrogens with zero attached hydrogens (tertiary/aromatic N) is 1. The lowest BCUT2D eigenvalue weighted by atomic mass is 10.2. The summed E-state index contributed by atoms with van der Waals surface area (Å²) in [6, 6.07) is -1.28. The molecule has 0 unspecified atom stereocenters. The van der Waals surface area contributed by atoms with Crippen LogP contribution in [0.3, 0.4) is 0 Å². The molecule has 1 fully saturated rings. The first-order valence-corrected chi connectivity index (χ1v) is 4.33. The molecule has 1 aliphatic rings. The second-order valence-corrected chi connectivity index (χ2v) is 3.32. The molecule has 1 heterocycles. The number of hydrogen-bond acceptors (Lipinski definition) is 3. The van der Waals surface area contributed by atoms with Crippen LogP contribution in [-0.4, -0.2) is 40.5 Å². The van der Waals surface area contributed by atoms with E-state index in [2.05, 4.69) is 0 Å². The summed E-state index contributed by atoms with van der Waals surface area (Å²) in [7, 11) is 0. The number of carbonyl (C=O) groups is 2. The molecule has 0 bridgehead atoms. The predicted molar refractivity (Wildman–Crippen MR) is 53.3 cm³/mol. The summed E-state index contributed by atoms with van der Waals surface area (Å²) < 4.78 is 0. The van der Waals surface area contributed by atoms with Crippen molar-refractivity contribution in [3.8, 4) is 0 Å². The number of halogens is 1. The van der Waals surface area contributed by atoms with Crippen molar-refractivity contribution in [2.75, 3.05) is 6.54 Å². The van der Waals surface area contributed by atoms with E-state index in [1.807, 2.05) is 0 Å². The first-order chi connectivity index (χ1) is 6.04. The largest absolute Gasteiger partial charge is 0.480 e. The average Bonchev–Trinajstić information content (AvgIpc) is 2.50. The Morgan fingerprint density at radius 3 is 2.57 bits per heavy atom. The lowest BCUT2D eigenvalue weighted by molar-refractivity contribution is -0.148. The van der Waals surface area contributed by atoms with Crippen molar-refractivity contribution < 1.29 is 14.7 Å². The molecule has 82 valence electrons. The lowest BCUT2D eigenvalue weighted by Crippen LogP contribution is -2.47. The molecule has 1 aliphatic heterocycles. The summed E-state index contributed by atoms with van der Waals surface area (Å²) in [4.78, 5) is 23.5. The molecule has 6 heteroatoms. The highest BCUT2D eigenvalue weighted by Gasteiger charge is 2.34. The van der Waals surface area contributed by atoms with E-state index in [4.69, 9.17) is 10.8 Å². The SMILES string of the molecule is C[C@H](N)C(=O)N1CCC[C@H]1C(=O)O.Cl. The number of amides is 1. The van der Waals surface area contributed by atoms with Gasteiger partial charge in [-0.2, -0.15) is 0 Å². The maximum Gasteiger partial charge on any atom is 0.326 e. The molecule has 0 aliphatic carbocycles. The minimum atomic E-state index is -0.938. The van der Waals surface area contributed by atoms with Crippen molar-refractivity contribution in [3.05, 3.63) is 0 Å². The summed E-state index contributed by atoms with van der Waals surface area (Å²) in [6.07, 6.45) is 1.28. The smallest absolute Gasteiger partial charge is 0.326 e. The number of carboxylic acid groups (broad SMARTS) is 1. The molecule has 0 radical (unpaired) electrons. The molecule has 0 aromatic heterocycles. The maximum atomic E-state index is 11.4. The summed E-state index contributed by atoms with van der Waals surface area (Å²) in [5.74, 6) is -1.21. The molecule has 1 saturated heterocycles. The third-order valence-electron chi connectivity index (χ3n) is 2.21. The second kappa shape index (κ2) is 5.17. The fraction of sp³-hybridized carbons (Fsp3) is 0.750. The Morgan fingerprint density at radius 2 is 2.14 bits per heavy atom. The second-order valence-electron chi connectivity index (χ2n) is 3.32. The van der Waals surface area contributed by atoms with E-state index in [1.54, 1.807) is 6.92 Å². The van der Waals surface area contributed by atoms with Crippen molar-refractivity contribution in [3.63, 3.8) is 0 Å². The zero-order valence-corrected chi connectivity index (χ0v) is 8.79. The summed E-state index contributed by atoms with van der Waals surface area (Å²) in [5.41, 5.74) is 5.39. The van der Waals surface area contributed by atoms with Crippen LogP contribution in [0.4, 0.5) is 0 Å². The Balaban J connectivity index is 0.00000169. The maximum absolute atomic E-state index is 11.4. The molecular formula is C8H15ClN2O3. The van der Waals surface area contributed by atoms with Gasteiger partial charge < -0.3 is 15.7 Å². The Bertz CT molecular complexity index is 233. The number of carboxylic acids is 1. The molecule has 5 nitrogen and oxygen atoms in total. The van der Waals surface area contributed by atoms with Crippen LogP contribution in [0.2, 0.25) is 0 Å². The highest BCUT2D eigenvalue weighted by molar-refractivity contribution is 5.87. The number of rotatable bonds is 2. The van der Waals surface area contributed by atoms with Crippen molar-refractivity contribution in [2.24, 2.45) is 5.73 Å². The van der Waals surface area contributed by atoms with E-state index >= 15 is 0 Å². The standard InChI is InChI=1S/C8H14N2O3.ClH/c1-5(9)7(11)10-4-2-3-6(10)8(12)13;/h5-6H,2-4,9H2,1H3,(H,12,13);1H/t5-,6-;/m0./s1. The number of aliphatic carboxylic acids is 1. The topological polar surface area (TPSA) is 83.6 Å². The van der Waals surface area contributed by atoms with E-state index < -0.39 is 18.1 Å². The van der Waals surface area contributed by atoms with Gasteiger partial charge in [-0.1, -0.05) is 0 Å². The number of likely N-dealkylation sites (tertiary alicyclic amines) is 1. The van der Waals surface area contributed by atoms with Gasteiger partial charge in [-0.15, -0.1) is 12.4 Å². The predicted octanol–water partition coefficient (Wildman–Crippen LogP) is -0.169. The van der Waals surface area contributed by atoms with E-state index in [1.165, 1.54) is 4.90 Å². The molecule has 1 amide bonds. The molecule has 2 atom stereocenters. The molecule has 0 saturated carbocycles. The minimum absolute atomic E-state index is 0. The molecule has 0 spiro atoms. The van der Waals surface area contributed by atoms with Crippen molar-refractivity contribution >= 4 is 24.3 Å². The molecular weight excluding hydrogens is 208 g/mol. The van der Waals surface area contributed by atoms with E-state index in [9.17, 15) is 9.59 Å². The van der Waals surface area contributed by atoms with Crippen LogP contribution < -0.4 is 5.73 Å². The monoisotopic (exact) mass is 222 g/mol. The molecule has 1 rings (SSSR count). The van der Waals surface area contributed by atoms with Crippen molar-refractivity contribution in [2.45, 2.75) is 31.8 Å². The summed E-state index contributed by atoms with van der Waals surface area (Å²) in [5, 5.41) is 8.78. The van der Waals surface area contributed by atoms with Gasteiger partial charge in [0.25, 0.3) is 0 Å². The van der Waals surface area contributed by atoms with Gasteiger partial charge in [0, 0.05) is 6.54 Å². The quantitative estimate of drug-likeness (QED) is 0.680. The Labute approximate surface area is 88.7 Å². The van der Waals surface area contributed by atoms with Gasteiger partial charge in [-0.25, -0.2) is 4.79 Å². The number of hydrogen-bond donors (Lipinski definition) is 2. The average molecular weight is 223 g/mol. The van der Waals surface area contributed by atoms with Crippen LogP contribution in [-0.2, 0) is 9.59 Å². The van der Waals surface area contributed by atoms with E-state index in [0.717, 1.165) is 6.42 Å². The van der Waals surface area contributed by atoms with Crippen molar-refractivity contribution in [1.29, 1.82) is 0 Å². The zero-order chi connectivity index (χ0) is 10.0. The normalized spacial score (nSPS) is 22.7. The minimum Gasteiger partial charge on any atom is -0.480 e. The Hall–Kier alpha value is -0.810. The van der Waals surface area contributed by atoms with Crippen LogP contribution >= 0.6 is 12.4 Å². The van der Waals surface area contributed by atoms with Gasteiger partial charge in [0.1, 0.15) is 6.04 Å². The summed E-state index contributed by atoms with van der Waals surface area (Å²) >= 11 is 0. The van der Waals surface area contributed by atoms with Crippen molar-refractivity contribution in [1.82, 2.24) is 4.90 Å². The van der Waals surface area contributed by atoms with Gasteiger partial charge in [0.2, 0.25) is 5.91 Å². The van der Waals surface area contributed by atoms with Crippen LogP contribution in [0.25, 0.3) is 0 Å². The van der Waals surface area contributed by atoms with Gasteiger partial charge in [-0.05, 0) is 19.8 Å². The van der Waals surface area contributed by atoms with E-state index in [-0.39, 0.29) is 18.3 Å². The zero-order valence-electron chi connectivity index (χ0n) is 7.97. The lowest BCUT2D eigenvalue weighted by Gasteiger charge is -2.22. The van der Waals surface area contributed by atoms with Gasteiger partial charge in [0.15, 0.2) is 0 Å².